The van der Waals surface area contributed by atoms with Gasteiger partial charge in [-0.2, -0.15) is 0 Å². The van der Waals surface area contributed by atoms with Crippen LogP contribution in [0.3, 0.4) is 0 Å². The number of benzene rings is 1. The maximum atomic E-state index is 5.97. The second-order valence-corrected chi connectivity index (χ2v) is 5.86. The summed E-state index contributed by atoms with van der Waals surface area (Å²) < 4.78 is 5.13. The summed E-state index contributed by atoms with van der Waals surface area (Å²) in [5.74, 6) is 1.98. The number of hydrogen-bond acceptors (Lipinski definition) is 3. The first-order chi connectivity index (χ1) is 10.7. The van der Waals surface area contributed by atoms with E-state index in [0.717, 1.165) is 18.0 Å². The summed E-state index contributed by atoms with van der Waals surface area (Å²) in [5.41, 5.74) is 6.90. The van der Waals surface area contributed by atoms with Gasteiger partial charge in [0, 0.05) is 12.2 Å². The van der Waals surface area contributed by atoms with Crippen LogP contribution in [-0.4, -0.2) is 44.1 Å². The molecule has 0 aromatic heterocycles. The molecule has 0 amide bonds. The van der Waals surface area contributed by atoms with Gasteiger partial charge in [-0.05, 0) is 69.1 Å². The van der Waals surface area contributed by atoms with Crippen LogP contribution in [0.1, 0.15) is 26.2 Å². The van der Waals surface area contributed by atoms with E-state index in [4.69, 9.17) is 10.5 Å². The number of methoxy groups -OCH3 is 1. The number of hydrogen-bond donors (Lipinski definition) is 2. The van der Waals surface area contributed by atoms with Crippen molar-refractivity contribution in [2.24, 2.45) is 16.6 Å². The molecule has 5 nitrogen and oxygen atoms in total. The molecule has 0 saturated carbocycles. The monoisotopic (exact) mass is 304 g/mol. The lowest BCUT2D eigenvalue weighted by molar-refractivity contribution is 0.188. The molecule has 22 heavy (non-hydrogen) atoms. The first-order valence-corrected chi connectivity index (χ1v) is 8.14. The van der Waals surface area contributed by atoms with Crippen LogP contribution in [0.4, 0.5) is 5.69 Å². The molecular weight excluding hydrogens is 276 g/mol. The standard InChI is InChI=1S/C17H28N4O/c1-3-10-21-11-8-14(9-12-21)13-19-17(18)20-15-4-6-16(22-2)7-5-15/h4-7,14H,3,8-13H2,1-2H3,(H3,18,19,20). The van der Waals surface area contributed by atoms with Gasteiger partial charge in [0.05, 0.1) is 7.11 Å². The van der Waals surface area contributed by atoms with Crippen LogP contribution in [0, 0.1) is 5.92 Å². The Morgan fingerprint density at radius 2 is 2.00 bits per heavy atom. The van der Waals surface area contributed by atoms with Crippen molar-refractivity contribution >= 4 is 11.6 Å². The fourth-order valence-corrected chi connectivity index (χ4v) is 2.80. The fraction of sp³-hybridized carbons (Fsp3) is 0.588. The topological polar surface area (TPSA) is 62.9 Å². The zero-order valence-corrected chi connectivity index (χ0v) is 13.7. The van der Waals surface area contributed by atoms with Crippen LogP contribution in [0.5, 0.6) is 5.75 Å². The number of aliphatic imine (C=N–C) groups is 1. The normalized spacial score (nSPS) is 17.5. The van der Waals surface area contributed by atoms with Crippen molar-refractivity contribution in [1.82, 2.24) is 4.90 Å². The van der Waals surface area contributed by atoms with E-state index in [1.165, 1.54) is 38.9 Å². The molecule has 0 bridgehead atoms. The number of likely N-dealkylation sites (tertiary alicyclic amines) is 1. The molecule has 2 rings (SSSR count). The van der Waals surface area contributed by atoms with E-state index in [1.807, 2.05) is 24.3 Å². The highest BCUT2D eigenvalue weighted by Crippen LogP contribution is 2.18. The number of nitrogens with zero attached hydrogens (tertiary/aromatic N) is 2. The minimum atomic E-state index is 0.487. The van der Waals surface area contributed by atoms with E-state index in [9.17, 15) is 0 Å². The van der Waals surface area contributed by atoms with Gasteiger partial charge >= 0.3 is 0 Å². The zero-order chi connectivity index (χ0) is 15.8. The molecule has 1 aliphatic heterocycles. The zero-order valence-electron chi connectivity index (χ0n) is 13.7. The van der Waals surface area contributed by atoms with Crippen LogP contribution in [-0.2, 0) is 0 Å². The molecule has 0 radical (unpaired) electrons. The molecule has 0 aliphatic carbocycles. The summed E-state index contributed by atoms with van der Waals surface area (Å²) in [6, 6.07) is 7.67. The summed E-state index contributed by atoms with van der Waals surface area (Å²) in [4.78, 5) is 7.03. The number of nitrogens with two attached hydrogens (primary N) is 1. The van der Waals surface area contributed by atoms with Crippen molar-refractivity contribution in [2.75, 3.05) is 38.6 Å². The second-order valence-electron chi connectivity index (χ2n) is 5.86. The third kappa shape index (κ3) is 5.22. The largest absolute Gasteiger partial charge is 0.497 e. The van der Waals surface area contributed by atoms with Crippen LogP contribution >= 0.6 is 0 Å². The molecule has 1 saturated heterocycles. The molecular formula is C17H28N4O. The molecule has 0 spiro atoms. The van der Waals surface area contributed by atoms with E-state index in [2.05, 4.69) is 22.1 Å². The van der Waals surface area contributed by atoms with Crippen LogP contribution in [0.25, 0.3) is 0 Å². The minimum Gasteiger partial charge on any atom is -0.497 e. The number of anilines is 1. The Morgan fingerprint density at radius 3 is 2.59 bits per heavy atom. The van der Waals surface area contributed by atoms with Crippen molar-refractivity contribution in [2.45, 2.75) is 26.2 Å². The Labute approximate surface area is 133 Å². The first-order valence-electron chi connectivity index (χ1n) is 8.14. The van der Waals surface area contributed by atoms with E-state index in [0.29, 0.717) is 11.9 Å². The second kappa shape index (κ2) is 8.63. The number of piperidine rings is 1. The number of ether oxygens (including phenoxy) is 1. The molecule has 122 valence electrons. The van der Waals surface area contributed by atoms with Crippen LogP contribution in [0.15, 0.2) is 29.3 Å². The van der Waals surface area contributed by atoms with E-state index >= 15 is 0 Å². The Balaban J connectivity index is 1.75. The van der Waals surface area contributed by atoms with Gasteiger partial charge in [-0.25, -0.2) is 0 Å². The molecule has 0 atom stereocenters. The fourth-order valence-electron chi connectivity index (χ4n) is 2.80. The smallest absolute Gasteiger partial charge is 0.193 e. The van der Waals surface area contributed by atoms with Crippen molar-refractivity contribution in [3.8, 4) is 5.75 Å². The molecule has 1 heterocycles. The summed E-state index contributed by atoms with van der Waals surface area (Å²) in [5, 5.41) is 3.12. The van der Waals surface area contributed by atoms with E-state index in [1.54, 1.807) is 7.11 Å². The maximum absolute atomic E-state index is 5.97. The Hall–Kier alpha value is -1.75. The highest BCUT2D eigenvalue weighted by atomic mass is 16.5. The summed E-state index contributed by atoms with van der Waals surface area (Å²) in [6.45, 7) is 6.66. The van der Waals surface area contributed by atoms with Gasteiger partial charge in [0.2, 0.25) is 0 Å². The highest BCUT2D eigenvalue weighted by Gasteiger charge is 2.18. The maximum Gasteiger partial charge on any atom is 0.193 e. The van der Waals surface area contributed by atoms with Gasteiger partial charge in [-0.3, -0.25) is 4.99 Å². The average Bonchev–Trinajstić information content (AvgIpc) is 2.55. The van der Waals surface area contributed by atoms with Gasteiger partial charge < -0.3 is 20.7 Å². The van der Waals surface area contributed by atoms with Crippen molar-refractivity contribution < 1.29 is 4.74 Å². The van der Waals surface area contributed by atoms with Gasteiger partial charge in [0.1, 0.15) is 5.75 Å². The highest BCUT2D eigenvalue weighted by molar-refractivity contribution is 5.92. The molecule has 3 N–H and O–H groups in total. The summed E-state index contributed by atoms with van der Waals surface area (Å²) in [6.07, 6.45) is 3.68. The molecule has 1 aliphatic rings. The number of guanidine groups is 1. The van der Waals surface area contributed by atoms with Gasteiger partial charge in [0.25, 0.3) is 0 Å². The molecule has 1 fully saturated rings. The average molecular weight is 304 g/mol. The van der Waals surface area contributed by atoms with Gasteiger partial charge in [-0.1, -0.05) is 6.92 Å². The van der Waals surface area contributed by atoms with Gasteiger partial charge in [0.15, 0.2) is 5.96 Å². The molecule has 5 heteroatoms. The number of rotatable bonds is 6. The summed E-state index contributed by atoms with van der Waals surface area (Å²) in [7, 11) is 1.66. The Morgan fingerprint density at radius 1 is 1.32 bits per heavy atom. The third-order valence-electron chi connectivity index (χ3n) is 4.13. The molecule has 1 aromatic carbocycles. The Kier molecular flexibility index (Phi) is 6.52. The van der Waals surface area contributed by atoms with Crippen molar-refractivity contribution in [3.63, 3.8) is 0 Å². The summed E-state index contributed by atoms with van der Waals surface area (Å²) >= 11 is 0. The van der Waals surface area contributed by atoms with Gasteiger partial charge in [-0.15, -0.1) is 0 Å². The lowest BCUT2D eigenvalue weighted by Crippen LogP contribution is -2.35. The predicted molar refractivity (Wildman–Crippen MR) is 92.6 cm³/mol. The van der Waals surface area contributed by atoms with Crippen LogP contribution in [0.2, 0.25) is 0 Å². The quantitative estimate of drug-likeness (QED) is 0.626. The first kappa shape index (κ1) is 16.6. The Bertz CT molecular complexity index is 464. The van der Waals surface area contributed by atoms with E-state index in [-0.39, 0.29) is 0 Å². The van der Waals surface area contributed by atoms with Crippen molar-refractivity contribution in [3.05, 3.63) is 24.3 Å². The lowest BCUT2D eigenvalue weighted by atomic mass is 9.97. The predicted octanol–water partition coefficient (Wildman–Crippen LogP) is 2.54. The van der Waals surface area contributed by atoms with E-state index < -0.39 is 0 Å². The molecule has 0 unspecified atom stereocenters. The van der Waals surface area contributed by atoms with Crippen LogP contribution < -0.4 is 15.8 Å². The SMILES string of the molecule is CCCN1CCC(CN=C(N)Nc2ccc(OC)cc2)CC1. The number of nitrogens with one attached hydrogen (secondary N) is 1. The third-order valence-corrected chi connectivity index (χ3v) is 4.13. The molecule has 1 aromatic rings. The minimum absolute atomic E-state index is 0.487. The lowest BCUT2D eigenvalue weighted by Gasteiger charge is -2.30. The van der Waals surface area contributed by atoms with Crippen molar-refractivity contribution in [1.29, 1.82) is 0 Å².